The molecule has 0 aliphatic rings. The largest absolute Gasteiger partial charge is 0.466 e. The van der Waals surface area contributed by atoms with Gasteiger partial charge in [-0.25, -0.2) is 0 Å². The van der Waals surface area contributed by atoms with Crippen LogP contribution in [0.25, 0.3) is 0 Å². The molecule has 2 unspecified atom stereocenters. The minimum atomic E-state index is -0.841. The number of esters is 1. The zero-order valence-corrected chi connectivity index (χ0v) is 57.6. The number of carbonyl (C=O) groups is 2. The van der Waals surface area contributed by atoms with E-state index < -0.39 is 12.1 Å². The number of aliphatic hydroxyl groups is 2. The molecule has 0 aromatic carbocycles. The second-order valence-electron chi connectivity index (χ2n) is 26.7. The molecule has 0 heterocycles. The highest BCUT2D eigenvalue weighted by molar-refractivity contribution is 5.76. The van der Waals surface area contributed by atoms with E-state index in [4.69, 9.17) is 4.74 Å². The van der Waals surface area contributed by atoms with Crippen molar-refractivity contribution in [3.8, 4) is 0 Å². The Balaban J connectivity index is 3.33. The van der Waals surface area contributed by atoms with E-state index in [1.54, 1.807) is 6.08 Å². The van der Waals surface area contributed by atoms with Crippen molar-refractivity contribution in [1.29, 1.82) is 0 Å². The summed E-state index contributed by atoms with van der Waals surface area (Å²) in [6, 6.07) is -0.625. The summed E-state index contributed by atoms with van der Waals surface area (Å²) < 4.78 is 5.52. The number of nitrogens with one attached hydrogen (secondary N) is 1. The Hall–Kier alpha value is -1.92. The van der Waals surface area contributed by atoms with E-state index in [0.29, 0.717) is 19.4 Å². The number of ether oxygens (including phenoxy) is 1. The van der Waals surface area contributed by atoms with Crippen LogP contribution in [0.1, 0.15) is 431 Å². The van der Waals surface area contributed by atoms with Crippen molar-refractivity contribution in [2.45, 2.75) is 443 Å². The van der Waals surface area contributed by atoms with Gasteiger partial charge in [0.1, 0.15) is 0 Å². The third kappa shape index (κ3) is 71.0. The maximum Gasteiger partial charge on any atom is 0.305 e. The molecule has 0 bridgehead atoms. The van der Waals surface area contributed by atoms with Crippen LogP contribution in [0, 0.1) is 0 Å². The van der Waals surface area contributed by atoms with Crippen molar-refractivity contribution in [2.75, 3.05) is 13.2 Å². The number of hydrogen-bond donors (Lipinski definition) is 3. The van der Waals surface area contributed by atoms with E-state index in [1.165, 1.54) is 366 Å². The van der Waals surface area contributed by atoms with Crippen molar-refractivity contribution < 1.29 is 24.5 Å². The Morgan fingerprint density at radius 3 is 0.835 bits per heavy atom. The fraction of sp³-hybridized carbons (Fsp3) is 0.899. The van der Waals surface area contributed by atoms with Crippen LogP contribution in [0.3, 0.4) is 0 Å². The van der Waals surface area contributed by atoms with Gasteiger partial charge >= 0.3 is 5.97 Å². The molecule has 6 heteroatoms. The van der Waals surface area contributed by atoms with Crippen molar-refractivity contribution in [3.63, 3.8) is 0 Å². The Labute approximate surface area is 532 Å². The van der Waals surface area contributed by atoms with Gasteiger partial charge in [-0.05, 0) is 83.5 Å². The topological polar surface area (TPSA) is 95.9 Å². The quantitative estimate of drug-likeness (QED) is 0.0320. The van der Waals surface area contributed by atoms with E-state index in [9.17, 15) is 19.8 Å². The molecule has 1 amide bonds. The molecule has 0 radical (unpaired) electrons. The molecular weight excluding hydrogens is 1040 g/mol. The highest BCUT2D eigenvalue weighted by Gasteiger charge is 2.18. The molecule has 2 atom stereocenters. The van der Waals surface area contributed by atoms with Crippen LogP contribution in [0.15, 0.2) is 36.5 Å². The first kappa shape index (κ1) is 83.1. The summed E-state index contributed by atoms with van der Waals surface area (Å²) in [5.41, 5.74) is 0. The summed E-state index contributed by atoms with van der Waals surface area (Å²) in [5, 5.41) is 23.2. The van der Waals surface area contributed by atoms with Gasteiger partial charge in [-0.2, -0.15) is 0 Å². The predicted molar refractivity (Wildman–Crippen MR) is 375 cm³/mol. The Kier molecular flexibility index (Phi) is 72.9. The summed E-state index contributed by atoms with van der Waals surface area (Å²) >= 11 is 0. The van der Waals surface area contributed by atoms with Gasteiger partial charge in [0, 0.05) is 12.8 Å². The zero-order valence-electron chi connectivity index (χ0n) is 57.6. The molecule has 3 N–H and O–H groups in total. The number of rotatable bonds is 73. The maximum atomic E-state index is 12.5. The summed E-state index contributed by atoms with van der Waals surface area (Å²) in [5.74, 6) is -0.0420. The van der Waals surface area contributed by atoms with Crippen LogP contribution in [-0.2, 0) is 14.3 Å². The fourth-order valence-corrected chi connectivity index (χ4v) is 12.2. The number of amides is 1. The molecular formula is C79H151NO5. The summed E-state index contributed by atoms with van der Waals surface area (Å²) in [7, 11) is 0. The number of unbranched alkanes of at least 4 members (excludes halogenated alkanes) is 58. The van der Waals surface area contributed by atoms with Crippen molar-refractivity contribution in [2.24, 2.45) is 0 Å². The number of hydrogen-bond acceptors (Lipinski definition) is 5. The van der Waals surface area contributed by atoms with Gasteiger partial charge in [0.25, 0.3) is 0 Å². The normalized spacial score (nSPS) is 12.7. The molecule has 0 fully saturated rings. The predicted octanol–water partition coefficient (Wildman–Crippen LogP) is 25.4. The molecule has 0 rings (SSSR count). The highest BCUT2D eigenvalue weighted by atomic mass is 16.5. The van der Waals surface area contributed by atoms with Gasteiger partial charge < -0.3 is 20.3 Å². The van der Waals surface area contributed by atoms with E-state index in [2.05, 4.69) is 43.5 Å². The third-order valence-electron chi connectivity index (χ3n) is 18.1. The second kappa shape index (κ2) is 74.5. The van der Waals surface area contributed by atoms with Gasteiger partial charge in [-0.15, -0.1) is 0 Å². The second-order valence-corrected chi connectivity index (χ2v) is 26.7. The monoisotopic (exact) mass is 1190 g/mol. The van der Waals surface area contributed by atoms with E-state index in [1.807, 2.05) is 6.08 Å². The first-order valence-corrected chi connectivity index (χ1v) is 38.8. The SMILES string of the molecule is CCCCCCCC/C=C\CCCCCCCCCCCC(=O)OCCCCCCCCCCCCCCCC/C=C\CCCCCCCCCCCCCCCCCCCC(=O)NC(CO)C(O)/C=C/CCCCCCCCCCCCCC. The van der Waals surface area contributed by atoms with Gasteiger partial charge in [0.15, 0.2) is 0 Å². The van der Waals surface area contributed by atoms with Gasteiger partial charge in [-0.1, -0.05) is 371 Å². The van der Waals surface area contributed by atoms with Crippen LogP contribution in [0.2, 0.25) is 0 Å². The summed E-state index contributed by atoms with van der Waals surface area (Å²) in [4.78, 5) is 24.6. The molecule has 0 aliphatic carbocycles. The minimum absolute atomic E-state index is 0.0202. The van der Waals surface area contributed by atoms with Crippen molar-refractivity contribution >= 4 is 11.9 Å². The number of allylic oxidation sites excluding steroid dienone is 5. The fourth-order valence-electron chi connectivity index (χ4n) is 12.2. The molecule has 0 aromatic heterocycles. The lowest BCUT2D eigenvalue weighted by Crippen LogP contribution is -2.45. The van der Waals surface area contributed by atoms with Crippen LogP contribution in [0.5, 0.6) is 0 Å². The Bertz CT molecular complexity index is 1380. The maximum absolute atomic E-state index is 12.5. The molecule has 0 aliphatic heterocycles. The summed E-state index contributed by atoms with van der Waals surface area (Å²) in [6.07, 6.45) is 96.9. The van der Waals surface area contributed by atoms with Crippen molar-refractivity contribution in [3.05, 3.63) is 36.5 Å². The molecule has 502 valence electrons. The van der Waals surface area contributed by atoms with Crippen LogP contribution in [0.4, 0.5) is 0 Å². The van der Waals surface area contributed by atoms with E-state index in [0.717, 1.165) is 38.5 Å². The molecule has 0 spiro atoms. The van der Waals surface area contributed by atoms with Gasteiger partial charge in [-0.3, -0.25) is 9.59 Å². The summed E-state index contributed by atoms with van der Waals surface area (Å²) in [6.45, 7) is 4.94. The van der Waals surface area contributed by atoms with E-state index >= 15 is 0 Å². The standard InChI is InChI=1S/C79H151NO5/c1-3-5-7-9-11-13-15-17-19-20-38-42-45-49-53-57-61-65-69-73-79(84)85-74-70-66-62-58-54-50-46-43-40-37-35-33-31-29-27-25-23-21-22-24-26-28-30-32-34-36-39-41-44-48-52-56-60-64-68-72-78(83)80-76(75-81)77(82)71-67-63-59-55-51-47-18-16-14-12-10-8-6-4-2/h17,19,23,25,67,71,76-77,81-82H,3-16,18,20-22,24,26-66,68-70,72-75H2,1-2H3,(H,80,83)/b19-17-,25-23-,71-67+. The number of carbonyl (C=O) groups excluding carboxylic acids is 2. The lowest BCUT2D eigenvalue weighted by atomic mass is 10.0. The lowest BCUT2D eigenvalue weighted by molar-refractivity contribution is -0.143. The average Bonchev–Trinajstić information content (AvgIpc) is 3.51. The average molecular weight is 1200 g/mol. The first-order chi connectivity index (χ1) is 42.0. The van der Waals surface area contributed by atoms with Gasteiger partial charge in [0.2, 0.25) is 5.91 Å². The van der Waals surface area contributed by atoms with Crippen LogP contribution in [-0.4, -0.2) is 47.4 Å². The smallest absolute Gasteiger partial charge is 0.305 e. The molecule has 0 aromatic rings. The van der Waals surface area contributed by atoms with Crippen molar-refractivity contribution in [1.82, 2.24) is 5.32 Å². The highest BCUT2D eigenvalue weighted by Crippen LogP contribution is 2.19. The molecule has 0 saturated carbocycles. The Morgan fingerprint density at radius 2 is 0.553 bits per heavy atom. The van der Waals surface area contributed by atoms with Gasteiger partial charge in [0.05, 0.1) is 25.4 Å². The van der Waals surface area contributed by atoms with Crippen LogP contribution < -0.4 is 5.32 Å². The number of aliphatic hydroxyl groups excluding tert-OH is 2. The lowest BCUT2D eigenvalue weighted by Gasteiger charge is -2.20. The minimum Gasteiger partial charge on any atom is -0.466 e. The first-order valence-electron chi connectivity index (χ1n) is 38.8. The molecule has 6 nitrogen and oxygen atoms in total. The molecule has 85 heavy (non-hydrogen) atoms. The zero-order chi connectivity index (χ0) is 61.3. The third-order valence-corrected chi connectivity index (χ3v) is 18.1. The van der Waals surface area contributed by atoms with Crippen LogP contribution >= 0.6 is 0 Å². The molecule has 0 saturated heterocycles. The Morgan fingerprint density at radius 1 is 0.318 bits per heavy atom. The van der Waals surface area contributed by atoms with E-state index in [-0.39, 0.29) is 18.5 Å².